The standard InChI is InChI=1S/C15H20N4O2/c1-18-8-11-2-4-16-15(14(11)17-18)19-5-7-21-13(9-19)12-3-6-20-10-12/h2,4,8,12-13H,3,5-7,9-10H2,1H3. The van der Waals surface area contributed by atoms with Crippen LogP contribution in [-0.4, -0.2) is 53.8 Å². The number of rotatable bonds is 2. The summed E-state index contributed by atoms with van der Waals surface area (Å²) in [6.45, 7) is 4.16. The molecule has 0 spiro atoms. The lowest BCUT2D eigenvalue weighted by atomic mass is 10.00. The molecule has 2 fully saturated rings. The molecule has 21 heavy (non-hydrogen) atoms. The molecule has 0 aromatic carbocycles. The Morgan fingerprint density at radius 1 is 1.33 bits per heavy atom. The molecule has 2 aliphatic heterocycles. The fourth-order valence-electron chi connectivity index (χ4n) is 3.28. The van der Waals surface area contributed by atoms with E-state index in [1.807, 2.05) is 30.2 Å². The summed E-state index contributed by atoms with van der Waals surface area (Å²) in [4.78, 5) is 6.88. The van der Waals surface area contributed by atoms with Gasteiger partial charge >= 0.3 is 0 Å². The lowest BCUT2D eigenvalue weighted by Crippen LogP contribution is -2.46. The summed E-state index contributed by atoms with van der Waals surface area (Å²) >= 11 is 0. The molecule has 6 nitrogen and oxygen atoms in total. The Hall–Kier alpha value is -1.66. The minimum absolute atomic E-state index is 0.238. The van der Waals surface area contributed by atoms with E-state index in [4.69, 9.17) is 9.47 Å². The number of morpholine rings is 1. The Balaban J connectivity index is 1.61. The molecule has 2 aromatic heterocycles. The molecular weight excluding hydrogens is 268 g/mol. The second kappa shape index (κ2) is 5.27. The van der Waals surface area contributed by atoms with Crippen LogP contribution in [-0.2, 0) is 16.5 Å². The Bertz CT molecular complexity index is 636. The van der Waals surface area contributed by atoms with Crippen LogP contribution >= 0.6 is 0 Å². The lowest BCUT2D eigenvalue weighted by molar-refractivity contribution is -0.00138. The van der Waals surface area contributed by atoms with Gasteiger partial charge in [-0.3, -0.25) is 4.68 Å². The first kappa shape index (κ1) is 13.0. The van der Waals surface area contributed by atoms with Crippen molar-refractivity contribution in [2.45, 2.75) is 12.5 Å². The summed E-state index contributed by atoms with van der Waals surface area (Å²) in [5, 5.41) is 5.69. The van der Waals surface area contributed by atoms with Gasteiger partial charge in [0.1, 0.15) is 5.52 Å². The number of ether oxygens (including phenoxy) is 2. The van der Waals surface area contributed by atoms with E-state index in [2.05, 4.69) is 15.0 Å². The van der Waals surface area contributed by atoms with Gasteiger partial charge in [-0.1, -0.05) is 0 Å². The first-order valence-electron chi connectivity index (χ1n) is 7.54. The average Bonchev–Trinajstić information content (AvgIpc) is 3.15. The van der Waals surface area contributed by atoms with E-state index >= 15 is 0 Å². The van der Waals surface area contributed by atoms with Gasteiger partial charge in [0.2, 0.25) is 0 Å². The number of aryl methyl sites for hydroxylation is 1. The fourth-order valence-corrected chi connectivity index (χ4v) is 3.28. The third-order valence-corrected chi connectivity index (χ3v) is 4.40. The molecule has 2 saturated heterocycles. The number of nitrogens with zero attached hydrogens (tertiary/aromatic N) is 4. The topological polar surface area (TPSA) is 52.4 Å². The van der Waals surface area contributed by atoms with Crippen LogP contribution in [0.25, 0.3) is 10.9 Å². The third kappa shape index (κ3) is 2.38. The molecule has 6 heteroatoms. The second-order valence-corrected chi connectivity index (χ2v) is 5.85. The average molecular weight is 288 g/mol. The van der Waals surface area contributed by atoms with Crippen molar-refractivity contribution in [1.29, 1.82) is 0 Å². The Labute approximate surface area is 123 Å². The first-order chi connectivity index (χ1) is 10.3. The van der Waals surface area contributed by atoms with Gasteiger partial charge in [-0.2, -0.15) is 5.10 Å². The molecule has 2 aliphatic rings. The van der Waals surface area contributed by atoms with E-state index < -0.39 is 0 Å². The van der Waals surface area contributed by atoms with Crippen LogP contribution in [0.15, 0.2) is 18.5 Å². The van der Waals surface area contributed by atoms with Gasteiger partial charge in [0, 0.05) is 50.4 Å². The number of hydrogen-bond acceptors (Lipinski definition) is 5. The van der Waals surface area contributed by atoms with Crippen molar-refractivity contribution < 1.29 is 9.47 Å². The molecule has 2 atom stereocenters. The van der Waals surface area contributed by atoms with Gasteiger partial charge in [0.15, 0.2) is 5.82 Å². The van der Waals surface area contributed by atoms with E-state index in [0.717, 1.165) is 56.1 Å². The molecule has 0 N–H and O–H groups in total. The Kier molecular flexibility index (Phi) is 3.27. The first-order valence-corrected chi connectivity index (χ1v) is 7.54. The van der Waals surface area contributed by atoms with Crippen molar-refractivity contribution in [3.05, 3.63) is 18.5 Å². The zero-order valence-corrected chi connectivity index (χ0v) is 12.2. The van der Waals surface area contributed by atoms with Crippen molar-refractivity contribution in [1.82, 2.24) is 14.8 Å². The summed E-state index contributed by atoms with van der Waals surface area (Å²) in [5.41, 5.74) is 0.975. The summed E-state index contributed by atoms with van der Waals surface area (Å²) < 4.78 is 13.3. The highest BCUT2D eigenvalue weighted by Crippen LogP contribution is 2.28. The van der Waals surface area contributed by atoms with Gasteiger partial charge in [-0.25, -0.2) is 4.98 Å². The van der Waals surface area contributed by atoms with E-state index in [1.54, 1.807) is 0 Å². The third-order valence-electron chi connectivity index (χ3n) is 4.40. The predicted molar refractivity (Wildman–Crippen MR) is 79.4 cm³/mol. The molecule has 112 valence electrons. The summed E-state index contributed by atoms with van der Waals surface area (Å²) in [5.74, 6) is 1.48. The zero-order valence-electron chi connectivity index (χ0n) is 12.2. The maximum atomic E-state index is 5.96. The van der Waals surface area contributed by atoms with Gasteiger partial charge in [0.05, 0.1) is 19.3 Å². The molecule has 4 rings (SSSR count). The molecule has 2 aromatic rings. The molecule has 0 saturated carbocycles. The van der Waals surface area contributed by atoms with E-state index in [1.165, 1.54) is 0 Å². The smallest absolute Gasteiger partial charge is 0.157 e. The van der Waals surface area contributed by atoms with Crippen molar-refractivity contribution in [2.75, 3.05) is 37.8 Å². The van der Waals surface area contributed by atoms with E-state index in [-0.39, 0.29) is 6.10 Å². The van der Waals surface area contributed by atoms with E-state index in [9.17, 15) is 0 Å². The van der Waals surface area contributed by atoms with E-state index in [0.29, 0.717) is 5.92 Å². The van der Waals surface area contributed by atoms with Crippen molar-refractivity contribution in [3.63, 3.8) is 0 Å². The highest BCUT2D eigenvalue weighted by molar-refractivity contribution is 5.88. The van der Waals surface area contributed by atoms with Crippen LogP contribution in [0.2, 0.25) is 0 Å². The van der Waals surface area contributed by atoms with Gasteiger partial charge in [-0.05, 0) is 12.5 Å². The van der Waals surface area contributed by atoms with Gasteiger partial charge in [0.25, 0.3) is 0 Å². The monoisotopic (exact) mass is 288 g/mol. The van der Waals surface area contributed by atoms with Crippen LogP contribution < -0.4 is 4.90 Å². The molecule has 4 heterocycles. The maximum absolute atomic E-state index is 5.96. The molecule has 0 radical (unpaired) electrons. The van der Waals surface area contributed by atoms with Crippen LogP contribution in [0.1, 0.15) is 6.42 Å². The molecule has 2 unspecified atom stereocenters. The fraction of sp³-hybridized carbons (Fsp3) is 0.600. The largest absolute Gasteiger partial charge is 0.381 e. The zero-order chi connectivity index (χ0) is 14.2. The van der Waals surface area contributed by atoms with Crippen LogP contribution in [0.4, 0.5) is 5.82 Å². The van der Waals surface area contributed by atoms with Crippen LogP contribution in [0.5, 0.6) is 0 Å². The Morgan fingerprint density at radius 2 is 2.29 bits per heavy atom. The molecule has 0 aliphatic carbocycles. The van der Waals surface area contributed by atoms with Crippen LogP contribution in [0.3, 0.4) is 0 Å². The second-order valence-electron chi connectivity index (χ2n) is 5.85. The maximum Gasteiger partial charge on any atom is 0.157 e. The number of fused-ring (bicyclic) bond motifs is 1. The number of aromatic nitrogens is 3. The van der Waals surface area contributed by atoms with Gasteiger partial charge in [-0.15, -0.1) is 0 Å². The van der Waals surface area contributed by atoms with Crippen molar-refractivity contribution >= 4 is 16.7 Å². The number of anilines is 1. The number of hydrogen-bond donors (Lipinski definition) is 0. The summed E-state index contributed by atoms with van der Waals surface area (Å²) in [7, 11) is 1.95. The molecule has 0 bridgehead atoms. The van der Waals surface area contributed by atoms with Crippen LogP contribution in [0, 0.1) is 5.92 Å². The highest BCUT2D eigenvalue weighted by atomic mass is 16.5. The quantitative estimate of drug-likeness (QED) is 0.831. The van der Waals surface area contributed by atoms with Gasteiger partial charge < -0.3 is 14.4 Å². The normalized spacial score (nSPS) is 26.6. The van der Waals surface area contributed by atoms with Crippen molar-refractivity contribution in [3.8, 4) is 0 Å². The SMILES string of the molecule is Cn1cc2ccnc(N3CCOC(C4CCOC4)C3)c2n1. The lowest BCUT2D eigenvalue weighted by Gasteiger charge is -2.36. The number of pyridine rings is 1. The minimum Gasteiger partial charge on any atom is -0.381 e. The summed E-state index contributed by atoms with van der Waals surface area (Å²) in [6, 6.07) is 2.01. The molecular formula is C15H20N4O2. The minimum atomic E-state index is 0.238. The predicted octanol–water partition coefficient (Wildman–Crippen LogP) is 1.21. The summed E-state index contributed by atoms with van der Waals surface area (Å²) in [6.07, 6.45) is 5.23. The highest BCUT2D eigenvalue weighted by Gasteiger charge is 2.32. The van der Waals surface area contributed by atoms with Crippen molar-refractivity contribution in [2.24, 2.45) is 13.0 Å². The Morgan fingerprint density at radius 3 is 3.14 bits per heavy atom. The molecule has 0 amide bonds.